The maximum atomic E-state index is 13.1. The van der Waals surface area contributed by atoms with Gasteiger partial charge in [0.25, 0.3) is 0 Å². The van der Waals surface area contributed by atoms with Crippen LogP contribution in [0.1, 0.15) is 62.2 Å². The molecule has 1 saturated carbocycles. The van der Waals surface area contributed by atoms with Gasteiger partial charge < -0.3 is 9.47 Å². The second-order valence-electron chi connectivity index (χ2n) is 7.77. The Labute approximate surface area is 181 Å². The number of esters is 2. The van der Waals surface area contributed by atoms with E-state index in [0.717, 1.165) is 43.7 Å². The maximum absolute atomic E-state index is 13.1. The summed E-state index contributed by atoms with van der Waals surface area (Å²) in [5.74, 6) is -0.218. The molecule has 4 nitrogen and oxygen atoms in total. The second-order valence-corrected chi connectivity index (χ2v) is 8.18. The van der Waals surface area contributed by atoms with Gasteiger partial charge in [-0.1, -0.05) is 37.8 Å². The molecule has 1 fully saturated rings. The molecule has 0 radical (unpaired) electrons. The molecule has 6 heteroatoms. The lowest BCUT2D eigenvalue weighted by Crippen LogP contribution is -2.25. The Morgan fingerprint density at radius 2 is 1.73 bits per heavy atom. The van der Waals surface area contributed by atoms with E-state index in [-0.39, 0.29) is 28.2 Å². The number of carbonyl (C=O) groups is 2. The predicted molar refractivity (Wildman–Crippen MR) is 113 cm³/mol. The molecule has 160 valence electrons. The molecular weight excluding hydrogens is 407 g/mol. The van der Waals surface area contributed by atoms with Crippen LogP contribution >= 0.6 is 11.6 Å². The van der Waals surface area contributed by atoms with Gasteiger partial charge >= 0.3 is 11.9 Å². The standard InChI is InChI=1S/C24H26ClFO4/c1-2-3-4-16-5-7-17(8-6-16)23(27)29-20-12-9-18(10-13-20)24(28)30-22-14-11-19(26)15-21(22)25/h9-17H,2-8H2,1H3/t16-,17-. The molecule has 0 aliphatic heterocycles. The van der Waals surface area contributed by atoms with Crippen LogP contribution < -0.4 is 9.47 Å². The average molecular weight is 433 g/mol. The number of halogens is 2. The maximum Gasteiger partial charge on any atom is 0.343 e. The molecule has 3 rings (SSSR count). The fourth-order valence-electron chi connectivity index (χ4n) is 3.75. The van der Waals surface area contributed by atoms with Gasteiger partial charge in [-0.3, -0.25) is 4.79 Å². The molecular formula is C24H26ClFO4. The minimum absolute atomic E-state index is 0.0123. The average Bonchev–Trinajstić information content (AvgIpc) is 2.75. The van der Waals surface area contributed by atoms with Gasteiger partial charge in [0.05, 0.1) is 16.5 Å². The third-order valence-electron chi connectivity index (χ3n) is 5.55. The van der Waals surface area contributed by atoms with Gasteiger partial charge in [0, 0.05) is 0 Å². The van der Waals surface area contributed by atoms with Crippen LogP contribution in [-0.4, -0.2) is 11.9 Å². The molecule has 2 aromatic carbocycles. The number of hydrogen-bond acceptors (Lipinski definition) is 4. The Bertz CT molecular complexity index is 873. The zero-order chi connectivity index (χ0) is 21.5. The van der Waals surface area contributed by atoms with Crippen LogP contribution in [-0.2, 0) is 4.79 Å². The lowest BCUT2D eigenvalue weighted by atomic mass is 9.80. The van der Waals surface area contributed by atoms with Crippen LogP contribution in [0.5, 0.6) is 11.5 Å². The summed E-state index contributed by atoms with van der Waals surface area (Å²) in [6.07, 6.45) is 7.61. The first kappa shape index (κ1) is 22.3. The monoisotopic (exact) mass is 432 g/mol. The van der Waals surface area contributed by atoms with Crippen molar-refractivity contribution in [2.24, 2.45) is 11.8 Å². The lowest BCUT2D eigenvalue weighted by Gasteiger charge is -2.27. The molecule has 1 aliphatic rings. The quantitative estimate of drug-likeness (QED) is 0.365. The molecule has 0 saturated heterocycles. The molecule has 0 amide bonds. The van der Waals surface area contributed by atoms with Crippen molar-refractivity contribution in [2.75, 3.05) is 0 Å². The van der Waals surface area contributed by atoms with Crippen LogP contribution in [0.3, 0.4) is 0 Å². The first-order valence-electron chi connectivity index (χ1n) is 10.4. The van der Waals surface area contributed by atoms with Crippen LogP contribution in [0.25, 0.3) is 0 Å². The van der Waals surface area contributed by atoms with Gasteiger partial charge in [-0.2, -0.15) is 0 Å². The van der Waals surface area contributed by atoms with E-state index in [1.807, 2.05) is 0 Å². The fraction of sp³-hybridized carbons (Fsp3) is 0.417. The van der Waals surface area contributed by atoms with E-state index < -0.39 is 11.8 Å². The van der Waals surface area contributed by atoms with Gasteiger partial charge in [0.1, 0.15) is 17.3 Å². The number of unbranched alkanes of at least 4 members (excludes halogenated alkanes) is 1. The van der Waals surface area contributed by atoms with Crippen LogP contribution in [0.2, 0.25) is 5.02 Å². The summed E-state index contributed by atoms with van der Waals surface area (Å²) in [5.41, 5.74) is 0.270. The van der Waals surface area contributed by atoms with Crippen molar-refractivity contribution < 1.29 is 23.5 Å². The Balaban J connectivity index is 1.51. The van der Waals surface area contributed by atoms with Crippen molar-refractivity contribution >= 4 is 23.5 Å². The van der Waals surface area contributed by atoms with Gasteiger partial charge in [-0.05, 0) is 74.1 Å². The van der Waals surface area contributed by atoms with Crippen LogP contribution in [0.15, 0.2) is 42.5 Å². The first-order valence-corrected chi connectivity index (χ1v) is 10.8. The molecule has 0 spiro atoms. The van der Waals surface area contributed by atoms with Crippen LogP contribution in [0, 0.1) is 17.7 Å². The van der Waals surface area contributed by atoms with E-state index >= 15 is 0 Å². The Hall–Kier alpha value is -2.40. The van der Waals surface area contributed by atoms with Crippen molar-refractivity contribution in [3.8, 4) is 11.5 Å². The summed E-state index contributed by atoms with van der Waals surface area (Å²) in [6.45, 7) is 2.20. The normalized spacial score (nSPS) is 18.6. The topological polar surface area (TPSA) is 52.6 Å². The highest BCUT2D eigenvalue weighted by atomic mass is 35.5. The predicted octanol–water partition coefficient (Wildman–Crippen LogP) is 6.60. The number of rotatable bonds is 7. The zero-order valence-corrected chi connectivity index (χ0v) is 17.8. The van der Waals surface area contributed by atoms with Crippen molar-refractivity contribution in [1.82, 2.24) is 0 Å². The van der Waals surface area contributed by atoms with E-state index in [9.17, 15) is 14.0 Å². The summed E-state index contributed by atoms with van der Waals surface area (Å²) in [7, 11) is 0. The Kier molecular flexibility index (Phi) is 7.86. The second kappa shape index (κ2) is 10.6. The molecule has 0 aromatic heterocycles. The molecule has 2 aromatic rings. The number of hydrogen-bond donors (Lipinski definition) is 0. The van der Waals surface area contributed by atoms with E-state index in [2.05, 4.69) is 6.92 Å². The van der Waals surface area contributed by atoms with Crippen molar-refractivity contribution in [2.45, 2.75) is 51.9 Å². The summed E-state index contributed by atoms with van der Waals surface area (Å²) in [4.78, 5) is 24.7. The highest BCUT2D eigenvalue weighted by Gasteiger charge is 2.27. The molecule has 0 N–H and O–H groups in total. The minimum atomic E-state index is -0.633. The fourth-order valence-corrected chi connectivity index (χ4v) is 3.96. The molecule has 0 atom stereocenters. The van der Waals surface area contributed by atoms with E-state index in [1.165, 1.54) is 37.5 Å². The zero-order valence-electron chi connectivity index (χ0n) is 17.0. The Morgan fingerprint density at radius 3 is 2.37 bits per heavy atom. The van der Waals surface area contributed by atoms with Crippen molar-refractivity contribution in [3.63, 3.8) is 0 Å². The highest BCUT2D eigenvalue weighted by molar-refractivity contribution is 6.32. The molecule has 0 heterocycles. The largest absolute Gasteiger partial charge is 0.426 e. The van der Waals surface area contributed by atoms with Crippen molar-refractivity contribution in [3.05, 3.63) is 58.9 Å². The van der Waals surface area contributed by atoms with Gasteiger partial charge in [0.15, 0.2) is 0 Å². The summed E-state index contributed by atoms with van der Waals surface area (Å²) < 4.78 is 23.8. The SMILES string of the molecule is CCCC[C@H]1CC[C@H](C(=O)Oc2ccc(C(=O)Oc3ccc(F)cc3Cl)cc2)CC1. The van der Waals surface area contributed by atoms with Crippen LogP contribution in [0.4, 0.5) is 4.39 Å². The Morgan fingerprint density at radius 1 is 1.03 bits per heavy atom. The van der Waals surface area contributed by atoms with Gasteiger partial charge in [-0.15, -0.1) is 0 Å². The number of benzene rings is 2. The summed E-state index contributed by atoms with van der Waals surface area (Å²) >= 11 is 5.88. The minimum Gasteiger partial charge on any atom is -0.426 e. The van der Waals surface area contributed by atoms with E-state index in [0.29, 0.717) is 5.75 Å². The van der Waals surface area contributed by atoms with Gasteiger partial charge in [-0.25, -0.2) is 9.18 Å². The number of ether oxygens (including phenoxy) is 2. The smallest absolute Gasteiger partial charge is 0.343 e. The molecule has 0 bridgehead atoms. The third-order valence-corrected chi connectivity index (χ3v) is 5.85. The van der Waals surface area contributed by atoms with E-state index in [1.54, 1.807) is 12.1 Å². The van der Waals surface area contributed by atoms with Gasteiger partial charge in [0.2, 0.25) is 0 Å². The number of carbonyl (C=O) groups excluding carboxylic acids is 2. The highest BCUT2D eigenvalue weighted by Crippen LogP contribution is 2.33. The summed E-state index contributed by atoms with van der Waals surface area (Å²) in [5, 5.41) is 0.0123. The van der Waals surface area contributed by atoms with Crippen molar-refractivity contribution in [1.29, 1.82) is 0 Å². The lowest BCUT2D eigenvalue weighted by molar-refractivity contribution is -0.140. The van der Waals surface area contributed by atoms with E-state index in [4.69, 9.17) is 21.1 Å². The third kappa shape index (κ3) is 6.05. The molecule has 0 unspecified atom stereocenters. The summed E-state index contributed by atoms with van der Waals surface area (Å²) in [6, 6.07) is 9.69. The molecule has 1 aliphatic carbocycles. The molecule has 30 heavy (non-hydrogen) atoms. The first-order chi connectivity index (χ1) is 14.5.